The third kappa shape index (κ3) is 3.41. The van der Waals surface area contributed by atoms with Crippen LogP contribution in [0.1, 0.15) is 0 Å². The second-order valence-corrected chi connectivity index (χ2v) is 4.96. The molecule has 0 aliphatic carbocycles. The van der Waals surface area contributed by atoms with Crippen LogP contribution in [0.25, 0.3) is 0 Å². The fourth-order valence-electron chi connectivity index (χ4n) is 1.53. The zero-order valence-corrected chi connectivity index (χ0v) is 12.0. The quantitative estimate of drug-likeness (QED) is 0.634. The summed E-state index contributed by atoms with van der Waals surface area (Å²) in [4.78, 5) is 11.9. The molecule has 106 valence electrons. The van der Waals surface area contributed by atoms with Crippen molar-refractivity contribution in [1.82, 2.24) is 14.8 Å². The fourth-order valence-corrected chi connectivity index (χ4v) is 2.22. The molecule has 0 aliphatic heterocycles. The number of nitrogens with zero attached hydrogens (tertiary/aromatic N) is 3. The molecular formula is C12H15N5O2S. The number of hydrogen-bond donors (Lipinski definition) is 2. The number of methoxy groups -OCH3 is 1. The van der Waals surface area contributed by atoms with E-state index in [-0.39, 0.29) is 11.7 Å². The molecular weight excluding hydrogens is 278 g/mol. The number of hydrogen-bond acceptors (Lipinski definition) is 6. The number of carbonyl (C=O) groups excluding carboxylic acids is 1. The van der Waals surface area contributed by atoms with Crippen LogP contribution in [0, 0.1) is 0 Å². The number of carbonyl (C=O) groups is 1. The molecule has 8 heteroatoms. The van der Waals surface area contributed by atoms with Crippen molar-refractivity contribution in [3.05, 3.63) is 24.5 Å². The molecule has 0 spiro atoms. The minimum atomic E-state index is -0.152. The molecule has 20 heavy (non-hydrogen) atoms. The predicted molar refractivity (Wildman–Crippen MR) is 77.8 cm³/mol. The Kier molecular flexibility index (Phi) is 4.46. The van der Waals surface area contributed by atoms with Gasteiger partial charge in [-0.2, -0.15) is 0 Å². The maximum Gasteiger partial charge on any atom is 0.234 e. The Bertz CT molecular complexity index is 614. The molecule has 2 aromatic rings. The third-order valence-corrected chi connectivity index (χ3v) is 3.54. The van der Waals surface area contributed by atoms with E-state index in [4.69, 9.17) is 10.5 Å². The van der Waals surface area contributed by atoms with E-state index >= 15 is 0 Å². The van der Waals surface area contributed by atoms with Gasteiger partial charge in [-0.15, -0.1) is 10.2 Å². The Morgan fingerprint density at radius 2 is 2.35 bits per heavy atom. The summed E-state index contributed by atoms with van der Waals surface area (Å²) >= 11 is 1.31. The van der Waals surface area contributed by atoms with Crippen molar-refractivity contribution in [2.24, 2.45) is 7.05 Å². The van der Waals surface area contributed by atoms with E-state index in [0.29, 0.717) is 22.3 Å². The van der Waals surface area contributed by atoms with Crippen molar-refractivity contribution in [2.45, 2.75) is 5.16 Å². The van der Waals surface area contributed by atoms with Gasteiger partial charge in [-0.3, -0.25) is 4.79 Å². The molecule has 1 aromatic heterocycles. The molecule has 0 bridgehead atoms. The van der Waals surface area contributed by atoms with Gasteiger partial charge in [0.1, 0.15) is 12.1 Å². The first-order valence-electron chi connectivity index (χ1n) is 5.80. The average Bonchev–Trinajstić information content (AvgIpc) is 2.84. The molecule has 1 aromatic carbocycles. The Hall–Kier alpha value is -2.22. The molecule has 7 nitrogen and oxygen atoms in total. The number of aromatic nitrogens is 3. The number of nitrogen functional groups attached to an aromatic ring is 1. The highest BCUT2D eigenvalue weighted by Gasteiger charge is 2.10. The lowest BCUT2D eigenvalue weighted by Crippen LogP contribution is -2.15. The van der Waals surface area contributed by atoms with E-state index in [0.717, 1.165) is 0 Å². The maximum atomic E-state index is 11.9. The smallest absolute Gasteiger partial charge is 0.234 e. The Morgan fingerprint density at radius 3 is 3.00 bits per heavy atom. The number of nitrogens with one attached hydrogen (secondary N) is 1. The van der Waals surface area contributed by atoms with Crippen molar-refractivity contribution < 1.29 is 9.53 Å². The number of thioether (sulfide) groups is 1. The standard InChI is InChI=1S/C12H15N5O2S/c1-17-7-14-16-12(17)20-6-11(18)15-9-4-3-8(13)5-10(9)19-2/h3-5,7H,6,13H2,1-2H3,(H,15,18). The molecule has 0 fully saturated rings. The summed E-state index contributed by atoms with van der Waals surface area (Å²) in [5, 5.41) is 11.1. The van der Waals surface area contributed by atoms with Gasteiger partial charge in [-0.25, -0.2) is 0 Å². The minimum absolute atomic E-state index is 0.152. The van der Waals surface area contributed by atoms with Gasteiger partial charge in [-0.05, 0) is 12.1 Å². The molecule has 0 atom stereocenters. The number of benzene rings is 1. The summed E-state index contributed by atoms with van der Waals surface area (Å²) in [7, 11) is 3.35. The number of nitrogens with two attached hydrogens (primary N) is 1. The highest BCUT2D eigenvalue weighted by atomic mass is 32.2. The summed E-state index contributed by atoms with van der Waals surface area (Å²) < 4.78 is 6.92. The number of aryl methyl sites for hydroxylation is 1. The lowest BCUT2D eigenvalue weighted by atomic mass is 10.2. The van der Waals surface area contributed by atoms with Gasteiger partial charge in [0.05, 0.1) is 18.6 Å². The molecule has 0 saturated heterocycles. The highest BCUT2D eigenvalue weighted by molar-refractivity contribution is 7.99. The van der Waals surface area contributed by atoms with Crippen LogP contribution in [-0.2, 0) is 11.8 Å². The van der Waals surface area contributed by atoms with Crippen LogP contribution in [0.15, 0.2) is 29.7 Å². The lowest BCUT2D eigenvalue weighted by molar-refractivity contribution is -0.113. The Morgan fingerprint density at radius 1 is 1.55 bits per heavy atom. The molecule has 1 heterocycles. The summed E-state index contributed by atoms with van der Waals surface area (Å²) in [6.07, 6.45) is 1.59. The van der Waals surface area contributed by atoms with E-state index in [1.807, 2.05) is 7.05 Å². The molecule has 0 aliphatic rings. The van der Waals surface area contributed by atoms with Crippen molar-refractivity contribution in [2.75, 3.05) is 23.9 Å². The Balaban J connectivity index is 1.96. The first-order chi connectivity index (χ1) is 9.60. The molecule has 1 amide bonds. The Labute approximate surface area is 120 Å². The molecule has 0 saturated carbocycles. The number of ether oxygens (including phenoxy) is 1. The first kappa shape index (κ1) is 14.2. The zero-order chi connectivity index (χ0) is 14.5. The maximum absolute atomic E-state index is 11.9. The normalized spacial score (nSPS) is 10.3. The van der Waals surface area contributed by atoms with Crippen LogP contribution in [0.5, 0.6) is 5.75 Å². The van der Waals surface area contributed by atoms with Gasteiger partial charge >= 0.3 is 0 Å². The van der Waals surface area contributed by atoms with Gasteiger partial charge in [0.15, 0.2) is 5.16 Å². The van der Waals surface area contributed by atoms with Crippen LogP contribution < -0.4 is 15.8 Å². The summed E-state index contributed by atoms with van der Waals surface area (Å²) in [5.74, 6) is 0.614. The van der Waals surface area contributed by atoms with E-state index < -0.39 is 0 Å². The van der Waals surface area contributed by atoms with Crippen LogP contribution in [0.3, 0.4) is 0 Å². The van der Waals surface area contributed by atoms with Crippen molar-refractivity contribution in [3.63, 3.8) is 0 Å². The summed E-state index contributed by atoms with van der Waals surface area (Å²) in [5.41, 5.74) is 6.82. The van der Waals surface area contributed by atoms with Crippen LogP contribution in [-0.4, -0.2) is 33.5 Å². The third-order valence-electron chi connectivity index (χ3n) is 2.50. The predicted octanol–water partition coefficient (Wildman–Crippen LogP) is 1.14. The monoisotopic (exact) mass is 293 g/mol. The number of anilines is 2. The van der Waals surface area contributed by atoms with E-state index in [1.54, 1.807) is 29.1 Å². The van der Waals surface area contributed by atoms with E-state index in [1.165, 1.54) is 18.9 Å². The largest absolute Gasteiger partial charge is 0.494 e. The molecule has 2 rings (SSSR count). The molecule has 0 radical (unpaired) electrons. The fraction of sp³-hybridized carbons (Fsp3) is 0.250. The van der Waals surface area contributed by atoms with E-state index in [2.05, 4.69) is 15.5 Å². The second kappa shape index (κ2) is 6.29. The average molecular weight is 293 g/mol. The van der Waals surface area contributed by atoms with Gasteiger partial charge in [0.25, 0.3) is 0 Å². The summed E-state index contributed by atoms with van der Waals surface area (Å²) in [6.45, 7) is 0. The molecule has 3 N–H and O–H groups in total. The van der Waals surface area contributed by atoms with Crippen LogP contribution in [0.4, 0.5) is 11.4 Å². The number of amides is 1. The second-order valence-electron chi connectivity index (χ2n) is 4.02. The van der Waals surface area contributed by atoms with Gasteiger partial charge < -0.3 is 20.4 Å². The van der Waals surface area contributed by atoms with Gasteiger partial charge in [-0.1, -0.05) is 11.8 Å². The molecule has 0 unspecified atom stereocenters. The topological polar surface area (TPSA) is 95.1 Å². The minimum Gasteiger partial charge on any atom is -0.494 e. The zero-order valence-electron chi connectivity index (χ0n) is 11.2. The van der Waals surface area contributed by atoms with Crippen molar-refractivity contribution >= 4 is 29.0 Å². The number of rotatable bonds is 5. The van der Waals surface area contributed by atoms with E-state index in [9.17, 15) is 4.79 Å². The van der Waals surface area contributed by atoms with Crippen LogP contribution >= 0.6 is 11.8 Å². The summed E-state index contributed by atoms with van der Waals surface area (Å²) in [6, 6.07) is 5.07. The van der Waals surface area contributed by atoms with Crippen molar-refractivity contribution in [3.8, 4) is 5.75 Å². The van der Waals surface area contributed by atoms with Gasteiger partial charge in [0, 0.05) is 18.8 Å². The highest BCUT2D eigenvalue weighted by Crippen LogP contribution is 2.26. The van der Waals surface area contributed by atoms with Gasteiger partial charge in [0.2, 0.25) is 5.91 Å². The SMILES string of the molecule is COc1cc(N)ccc1NC(=O)CSc1nncn1C. The first-order valence-corrected chi connectivity index (χ1v) is 6.79. The van der Waals surface area contributed by atoms with Crippen molar-refractivity contribution in [1.29, 1.82) is 0 Å². The van der Waals surface area contributed by atoms with Crippen LogP contribution in [0.2, 0.25) is 0 Å². The lowest BCUT2D eigenvalue weighted by Gasteiger charge is -2.10.